The predicted molar refractivity (Wildman–Crippen MR) is 110 cm³/mol. The van der Waals surface area contributed by atoms with Gasteiger partial charge < -0.3 is 0 Å². The summed E-state index contributed by atoms with van der Waals surface area (Å²) < 4.78 is 0. The molecule has 0 aliphatic heterocycles. The van der Waals surface area contributed by atoms with Gasteiger partial charge >= 0.3 is 0 Å². The van der Waals surface area contributed by atoms with Gasteiger partial charge in [0, 0.05) is 11.1 Å². The summed E-state index contributed by atoms with van der Waals surface area (Å²) in [7, 11) is 0. The fraction of sp³-hybridized carbons (Fsp3) is 0.280. The Morgan fingerprint density at radius 1 is 0.760 bits per heavy atom. The first-order chi connectivity index (χ1) is 12.3. The van der Waals surface area contributed by atoms with Crippen LogP contribution >= 0.6 is 0 Å². The highest BCUT2D eigenvalue weighted by atomic mass is 14.0. The quantitative estimate of drug-likeness (QED) is 0.295. The Labute approximate surface area is 153 Å². The summed E-state index contributed by atoms with van der Waals surface area (Å²) in [5.74, 6) is 6.51. The van der Waals surface area contributed by atoms with Crippen molar-refractivity contribution in [1.82, 2.24) is 0 Å². The van der Waals surface area contributed by atoms with Crippen LogP contribution in [0.25, 0.3) is 0 Å². The van der Waals surface area contributed by atoms with Crippen LogP contribution in [0.4, 0.5) is 0 Å². The van der Waals surface area contributed by atoms with Crippen LogP contribution in [0.5, 0.6) is 0 Å². The molecular weight excluding hydrogens is 300 g/mol. The Hall–Kier alpha value is -2.52. The van der Waals surface area contributed by atoms with E-state index < -0.39 is 0 Å². The first kappa shape index (κ1) is 18.8. The van der Waals surface area contributed by atoms with Crippen LogP contribution in [0, 0.1) is 11.8 Å². The highest BCUT2D eigenvalue weighted by Gasteiger charge is 1.95. The zero-order valence-electron chi connectivity index (χ0n) is 15.3. The van der Waals surface area contributed by atoms with Crippen molar-refractivity contribution < 1.29 is 0 Å². The number of aryl methyl sites for hydroxylation is 2. The lowest BCUT2D eigenvalue weighted by molar-refractivity contribution is 0.747. The van der Waals surface area contributed by atoms with Crippen molar-refractivity contribution in [2.75, 3.05) is 0 Å². The zero-order valence-corrected chi connectivity index (χ0v) is 15.3. The second-order valence-corrected chi connectivity index (χ2v) is 6.29. The summed E-state index contributed by atoms with van der Waals surface area (Å²) in [5, 5.41) is 0. The van der Waals surface area contributed by atoms with Crippen LogP contribution in [0.15, 0.2) is 73.3 Å². The summed E-state index contributed by atoms with van der Waals surface area (Å²) in [5.41, 5.74) is 4.88. The average Bonchev–Trinajstić information content (AvgIpc) is 2.66. The van der Waals surface area contributed by atoms with E-state index in [2.05, 4.69) is 86.0 Å². The van der Waals surface area contributed by atoms with Gasteiger partial charge in [-0.1, -0.05) is 54.3 Å². The van der Waals surface area contributed by atoms with E-state index in [1.165, 1.54) is 30.4 Å². The fourth-order valence-corrected chi connectivity index (χ4v) is 2.68. The fourth-order valence-electron chi connectivity index (χ4n) is 2.68. The van der Waals surface area contributed by atoms with Crippen molar-refractivity contribution in [3.05, 3.63) is 95.6 Å². The topological polar surface area (TPSA) is 0 Å². The van der Waals surface area contributed by atoms with Gasteiger partial charge in [-0.3, -0.25) is 0 Å². The van der Waals surface area contributed by atoms with Crippen LogP contribution in [0.3, 0.4) is 0 Å². The maximum Gasteiger partial charge on any atom is 0.0249 e. The molecule has 0 radical (unpaired) electrons. The van der Waals surface area contributed by atoms with Crippen LogP contribution in [0.2, 0.25) is 0 Å². The second kappa shape index (κ2) is 11.1. The molecule has 128 valence electrons. The van der Waals surface area contributed by atoms with Gasteiger partial charge in [0.25, 0.3) is 0 Å². The maximum atomic E-state index is 3.77. The molecule has 0 heteroatoms. The Balaban J connectivity index is 1.86. The molecule has 0 amide bonds. The summed E-state index contributed by atoms with van der Waals surface area (Å²) in [6.07, 6.45) is 13.2. The lowest BCUT2D eigenvalue weighted by Crippen LogP contribution is -1.86. The Morgan fingerprint density at radius 3 is 1.84 bits per heavy atom. The number of hydrogen-bond acceptors (Lipinski definition) is 0. The molecule has 0 N–H and O–H groups in total. The molecule has 0 bridgehead atoms. The van der Waals surface area contributed by atoms with Gasteiger partial charge in [0.2, 0.25) is 0 Å². The number of rotatable bonds is 8. The molecule has 2 aromatic carbocycles. The Bertz CT molecular complexity index is 718. The third-order valence-corrected chi connectivity index (χ3v) is 4.22. The Morgan fingerprint density at radius 2 is 1.32 bits per heavy atom. The SMILES string of the molecule is C=CCCc1ccc(C#Cc2ccc(CCCCC=CC)cc2)cc1. The first-order valence-corrected chi connectivity index (χ1v) is 9.24. The predicted octanol–water partition coefficient (Wildman–Crippen LogP) is 6.49. The van der Waals surface area contributed by atoms with Crippen molar-refractivity contribution >= 4 is 0 Å². The van der Waals surface area contributed by atoms with E-state index in [9.17, 15) is 0 Å². The standard InChI is InChI=1S/C25H28/c1-3-5-7-8-9-11-23-14-18-25(19-15-23)21-20-24-16-12-22(13-17-24)10-6-4-2/h3-5,12-19H,2,6-11H2,1H3. The number of hydrogen-bond donors (Lipinski definition) is 0. The van der Waals surface area contributed by atoms with Gasteiger partial charge in [0.05, 0.1) is 0 Å². The van der Waals surface area contributed by atoms with E-state index in [0.717, 1.165) is 30.4 Å². The van der Waals surface area contributed by atoms with Gasteiger partial charge in [0.15, 0.2) is 0 Å². The summed E-state index contributed by atoms with van der Waals surface area (Å²) in [6, 6.07) is 17.2. The minimum atomic E-state index is 1.02. The normalized spacial score (nSPS) is 10.4. The minimum absolute atomic E-state index is 1.02. The van der Waals surface area contributed by atoms with Crippen LogP contribution in [0.1, 0.15) is 54.9 Å². The van der Waals surface area contributed by atoms with Gasteiger partial charge in [-0.15, -0.1) is 6.58 Å². The zero-order chi connectivity index (χ0) is 17.7. The molecule has 0 spiro atoms. The maximum absolute atomic E-state index is 3.77. The molecule has 0 fully saturated rings. The van der Waals surface area contributed by atoms with Crippen molar-refractivity contribution in [3.8, 4) is 11.8 Å². The molecule has 2 aromatic rings. The van der Waals surface area contributed by atoms with Crippen LogP contribution < -0.4 is 0 Å². The number of unbranched alkanes of at least 4 members (excludes halogenated alkanes) is 2. The van der Waals surface area contributed by atoms with Gasteiger partial charge in [0.1, 0.15) is 0 Å². The summed E-state index contributed by atoms with van der Waals surface area (Å²) in [4.78, 5) is 0. The van der Waals surface area contributed by atoms with Crippen molar-refractivity contribution in [1.29, 1.82) is 0 Å². The van der Waals surface area contributed by atoms with E-state index in [-0.39, 0.29) is 0 Å². The monoisotopic (exact) mass is 328 g/mol. The number of benzene rings is 2. The molecular formula is C25H28. The summed E-state index contributed by atoms with van der Waals surface area (Å²) >= 11 is 0. The molecule has 25 heavy (non-hydrogen) atoms. The Kier molecular flexibility index (Phi) is 8.36. The van der Waals surface area contributed by atoms with Gasteiger partial charge in [-0.25, -0.2) is 0 Å². The number of allylic oxidation sites excluding steroid dienone is 3. The van der Waals surface area contributed by atoms with Gasteiger partial charge in [-0.2, -0.15) is 0 Å². The molecule has 0 aliphatic rings. The average molecular weight is 328 g/mol. The van der Waals surface area contributed by atoms with Crippen molar-refractivity contribution in [2.45, 2.75) is 45.4 Å². The molecule has 0 saturated heterocycles. The van der Waals surface area contributed by atoms with E-state index in [1.807, 2.05) is 6.08 Å². The second-order valence-electron chi connectivity index (χ2n) is 6.29. The minimum Gasteiger partial charge on any atom is -0.103 e. The molecule has 0 aromatic heterocycles. The largest absolute Gasteiger partial charge is 0.103 e. The highest BCUT2D eigenvalue weighted by Crippen LogP contribution is 2.10. The van der Waals surface area contributed by atoms with Gasteiger partial charge in [-0.05, 0) is 80.8 Å². The van der Waals surface area contributed by atoms with E-state index in [0.29, 0.717) is 0 Å². The van der Waals surface area contributed by atoms with E-state index in [1.54, 1.807) is 0 Å². The first-order valence-electron chi connectivity index (χ1n) is 9.24. The smallest absolute Gasteiger partial charge is 0.0249 e. The van der Waals surface area contributed by atoms with E-state index >= 15 is 0 Å². The highest BCUT2D eigenvalue weighted by molar-refractivity contribution is 5.44. The lowest BCUT2D eigenvalue weighted by atomic mass is 10.0. The van der Waals surface area contributed by atoms with Crippen LogP contribution in [-0.4, -0.2) is 0 Å². The van der Waals surface area contributed by atoms with Crippen molar-refractivity contribution in [3.63, 3.8) is 0 Å². The lowest BCUT2D eigenvalue weighted by Gasteiger charge is -2.01. The molecule has 0 atom stereocenters. The summed E-state index contributed by atoms with van der Waals surface area (Å²) in [6.45, 7) is 5.85. The molecule has 0 saturated carbocycles. The molecule has 0 nitrogen and oxygen atoms in total. The third-order valence-electron chi connectivity index (χ3n) is 4.22. The molecule has 0 aliphatic carbocycles. The third kappa shape index (κ3) is 7.27. The molecule has 0 unspecified atom stereocenters. The van der Waals surface area contributed by atoms with Crippen LogP contribution in [-0.2, 0) is 12.8 Å². The van der Waals surface area contributed by atoms with Crippen molar-refractivity contribution in [2.24, 2.45) is 0 Å². The molecule has 2 rings (SSSR count). The van der Waals surface area contributed by atoms with E-state index in [4.69, 9.17) is 0 Å². The molecule has 0 heterocycles.